The Kier molecular flexibility index (Phi) is 5.68. The number of carbonyl (C=O) groups is 1. The lowest BCUT2D eigenvalue weighted by Gasteiger charge is -2.34. The SMILES string of the molecule is CC1CC(C)CN(CC(=O)NCC2CCCCC2)C1. The predicted octanol–water partition coefficient (Wildman–Crippen LogP) is 2.66. The van der Waals surface area contributed by atoms with Gasteiger partial charge in [0.1, 0.15) is 0 Å². The Morgan fingerprint density at radius 2 is 1.74 bits per heavy atom. The molecule has 0 aromatic rings. The number of rotatable bonds is 4. The summed E-state index contributed by atoms with van der Waals surface area (Å²) in [7, 11) is 0. The normalized spacial score (nSPS) is 30.2. The third-order valence-corrected chi connectivity index (χ3v) is 4.62. The molecule has 2 aliphatic rings. The molecule has 2 atom stereocenters. The number of carbonyl (C=O) groups excluding carboxylic acids is 1. The highest BCUT2D eigenvalue weighted by Crippen LogP contribution is 2.23. The fourth-order valence-electron chi connectivity index (χ4n) is 3.83. The lowest BCUT2D eigenvalue weighted by molar-refractivity contribution is -0.123. The number of likely N-dealkylation sites (tertiary alicyclic amines) is 1. The third kappa shape index (κ3) is 5.13. The van der Waals surface area contributed by atoms with Crippen molar-refractivity contribution in [3.8, 4) is 0 Å². The second-order valence-electron chi connectivity index (χ2n) is 6.95. The van der Waals surface area contributed by atoms with E-state index in [9.17, 15) is 4.79 Å². The van der Waals surface area contributed by atoms with E-state index in [4.69, 9.17) is 0 Å². The maximum Gasteiger partial charge on any atom is 0.234 e. The molecule has 110 valence electrons. The summed E-state index contributed by atoms with van der Waals surface area (Å²) in [5.74, 6) is 2.42. The maximum absolute atomic E-state index is 12.0. The van der Waals surface area contributed by atoms with Crippen LogP contribution in [0.2, 0.25) is 0 Å². The van der Waals surface area contributed by atoms with Crippen LogP contribution in [0.3, 0.4) is 0 Å². The predicted molar refractivity (Wildman–Crippen MR) is 79.0 cm³/mol. The van der Waals surface area contributed by atoms with Gasteiger partial charge in [-0.15, -0.1) is 0 Å². The van der Waals surface area contributed by atoms with Crippen LogP contribution in [0.25, 0.3) is 0 Å². The van der Waals surface area contributed by atoms with E-state index in [1.807, 2.05) is 0 Å². The summed E-state index contributed by atoms with van der Waals surface area (Å²) in [6.45, 7) is 8.26. The first-order valence-electron chi connectivity index (χ1n) is 8.12. The van der Waals surface area contributed by atoms with Crippen LogP contribution < -0.4 is 5.32 Å². The fourth-order valence-corrected chi connectivity index (χ4v) is 3.83. The molecule has 0 spiro atoms. The molecule has 1 N–H and O–H groups in total. The van der Waals surface area contributed by atoms with Gasteiger partial charge in [-0.1, -0.05) is 33.1 Å². The zero-order valence-corrected chi connectivity index (χ0v) is 12.7. The van der Waals surface area contributed by atoms with E-state index >= 15 is 0 Å². The number of piperidine rings is 1. The monoisotopic (exact) mass is 266 g/mol. The number of nitrogens with zero attached hydrogens (tertiary/aromatic N) is 1. The van der Waals surface area contributed by atoms with Crippen molar-refractivity contribution >= 4 is 5.91 Å². The van der Waals surface area contributed by atoms with E-state index in [0.29, 0.717) is 6.54 Å². The molecule has 3 nitrogen and oxygen atoms in total. The lowest BCUT2D eigenvalue weighted by Crippen LogP contribution is -2.45. The summed E-state index contributed by atoms with van der Waals surface area (Å²) in [6, 6.07) is 0. The Balaban J connectivity index is 1.65. The topological polar surface area (TPSA) is 32.3 Å². The molecule has 1 aliphatic carbocycles. The zero-order chi connectivity index (χ0) is 13.7. The Morgan fingerprint density at radius 3 is 2.37 bits per heavy atom. The molecule has 1 saturated heterocycles. The van der Waals surface area contributed by atoms with E-state index in [1.54, 1.807) is 0 Å². The van der Waals surface area contributed by atoms with Gasteiger partial charge in [0.15, 0.2) is 0 Å². The fraction of sp³-hybridized carbons (Fsp3) is 0.938. The van der Waals surface area contributed by atoms with Crippen LogP contribution in [0.5, 0.6) is 0 Å². The summed E-state index contributed by atoms with van der Waals surface area (Å²) in [5, 5.41) is 3.15. The highest BCUT2D eigenvalue weighted by atomic mass is 16.2. The lowest BCUT2D eigenvalue weighted by atomic mass is 9.89. The van der Waals surface area contributed by atoms with E-state index in [0.717, 1.165) is 37.4 Å². The summed E-state index contributed by atoms with van der Waals surface area (Å²) in [5.41, 5.74) is 0. The average molecular weight is 266 g/mol. The van der Waals surface area contributed by atoms with E-state index in [1.165, 1.54) is 38.5 Å². The van der Waals surface area contributed by atoms with Crippen LogP contribution in [0.1, 0.15) is 52.4 Å². The van der Waals surface area contributed by atoms with Crippen molar-refractivity contribution in [1.29, 1.82) is 0 Å². The van der Waals surface area contributed by atoms with Crippen LogP contribution >= 0.6 is 0 Å². The first kappa shape index (κ1) is 14.8. The van der Waals surface area contributed by atoms with Gasteiger partial charge in [-0.3, -0.25) is 9.69 Å². The van der Waals surface area contributed by atoms with Crippen molar-refractivity contribution in [3.63, 3.8) is 0 Å². The van der Waals surface area contributed by atoms with E-state index in [2.05, 4.69) is 24.1 Å². The molecule has 0 radical (unpaired) electrons. The van der Waals surface area contributed by atoms with Crippen molar-refractivity contribution in [1.82, 2.24) is 10.2 Å². The van der Waals surface area contributed by atoms with Gasteiger partial charge in [-0.05, 0) is 37.0 Å². The molecule has 1 saturated carbocycles. The maximum atomic E-state index is 12.0. The smallest absolute Gasteiger partial charge is 0.234 e. The summed E-state index contributed by atoms with van der Waals surface area (Å²) in [6.07, 6.45) is 7.99. The van der Waals surface area contributed by atoms with Gasteiger partial charge in [-0.2, -0.15) is 0 Å². The largest absolute Gasteiger partial charge is 0.355 e. The minimum Gasteiger partial charge on any atom is -0.355 e. The molecule has 19 heavy (non-hydrogen) atoms. The number of hydrogen-bond donors (Lipinski definition) is 1. The second-order valence-corrected chi connectivity index (χ2v) is 6.95. The summed E-state index contributed by atoms with van der Waals surface area (Å²) < 4.78 is 0. The highest BCUT2D eigenvalue weighted by Gasteiger charge is 2.23. The van der Waals surface area contributed by atoms with Gasteiger partial charge in [0.25, 0.3) is 0 Å². The molecule has 0 aromatic carbocycles. The Labute approximate surface area is 118 Å². The van der Waals surface area contributed by atoms with Gasteiger partial charge >= 0.3 is 0 Å². The second kappa shape index (κ2) is 7.28. The van der Waals surface area contributed by atoms with Gasteiger partial charge in [-0.25, -0.2) is 0 Å². The quantitative estimate of drug-likeness (QED) is 0.848. The first-order chi connectivity index (χ1) is 9.13. The van der Waals surface area contributed by atoms with Crippen LogP contribution in [-0.4, -0.2) is 37.0 Å². The Morgan fingerprint density at radius 1 is 1.11 bits per heavy atom. The summed E-state index contributed by atoms with van der Waals surface area (Å²) in [4.78, 5) is 14.3. The number of nitrogens with one attached hydrogen (secondary N) is 1. The van der Waals surface area contributed by atoms with Gasteiger partial charge in [0, 0.05) is 19.6 Å². The van der Waals surface area contributed by atoms with E-state index < -0.39 is 0 Å². The molecule has 2 fully saturated rings. The minimum atomic E-state index is 0.229. The van der Waals surface area contributed by atoms with Crippen LogP contribution in [0, 0.1) is 17.8 Å². The number of amides is 1. The van der Waals surface area contributed by atoms with Gasteiger partial charge < -0.3 is 5.32 Å². The third-order valence-electron chi connectivity index (χ3n) is 4.62. The van der Waals surface area contributed by atoms with Crippen LogP contribution in [-0.2, 0) is 4.79 Å². The van der Waals surface area contributed by atoms with Crippen molar-refractivity contribution in [2.75, 3.05) is 26.2 Å². The zero-order valence-electron chi connectivity index (χ0n) is 12.7. The Bertz CT molecular complexity index is 276. The van der Waals surface area contributed by atoms with Crippen LogP contribution in [0.15, 0.2) is 0 Å². The number of hydrogen-bond acceptors (Lipinski definition) is 2. The molecule has 2 unspecified atom stereocenters. The van der Waals surface area contributed by atoms with Crippen molar-refractivity contribution in [2.24, 2.45) is 17.8 Å². The van der Waals surface area contributed by atoms with Crippen molar-refractivity contribution in [3.05, 3.63) is 0 Å². The molecule has 2 rings (SSSR count). The molecule has 1 heterocycles. The molecule has 0 aromatic heterocycles. The Hall–Kier alpha value is -0.570. The molecule has 1 amide bonds. The van der Waals surface area contributed by atoms with Crippen molar-refractivity contribution in [2.45, 2.75) is 52.4 Å². The van der Waals surface area contributed by atoms with Crippen molar-refractivity contribution < 1.29 is 4.79 Å². The van der Waals surface area contributed by atoms with Crippen LogP contribution in [0.4, 0.5) is 0 Å². The summed E-state index contributed by atoms with van der Waals surface area (Å²) >= 11 is 0. The van der Waals surface area contributed by atoms with E-state index in [-0.39, 0.29) is 5.91 Å². The molecule has 3 heteroatoms. The van der Waals surface area contributed by atoms with Gasteiger partial charge in [0.05, 0.1) is 6.54 Å². The average Bonchev–Trinajstić information content (AvgIpc) is 2.36. The molecular formula is C16H30N2O. The molecule has 0 bridgehead atoms. The highest BCUT2D eigenvalue weighted by molar-refractivity contribution is 5.78. The minimum absolute atomic E-state index is 0.229. The first-order valence-corrected chi connectivity index (χ1v) is 8.12. The standard InChI is InChI=1S/C16H30N2O/c1-13-8-14(2)11-18(10-13)12-16(19)17-9-15-6-4-3-5-7-15/h13-15H,3-12H2,1-2H3,(H,17,19). The molecule has 1 aliphatic heterocycles. The van der Waals surface area contributed by atoms with Gasteiger partial charge in [0.2, 0.25) is 5.91 Å². The molecular weight excluding hydrogens is 236 g/mol.